The summed E-state index contributed by atoms with van der Waals surface area (Å²) in [5.74, 6) is -2.02. The number of benzene rings is 2. The number of nitrogens with zero attached hydrogens (tertiary/aromatic N) is 1. The molecule has 0 radical (unpaired) electrons. The molecule has 0 saturated heterocycles. The number of carbonyl (C=O) groups excluding carboxylic acids is 4. The minimum atomic E-state index is -0.664. The lowest BCUT2D eigenvalue weighted by atomic mass is 10.1. The van der Waals surface area contributed by atoms with Crippen molar-refractivity contribution in [1.82, 2.24) is 0 Å². The van der Waals surface area contributed by atoms with Gasteiger partial charge >= 0.3 is 5.97 Å². The maximum absolute atomic E-state index is 13.0. The Morgan fingerprint density at radius 1 is 0.968 bits per heavy atom. The molecule has 1 aliphatic heterocycles. The molecule has 31 heavy (non-hydrogen) atoms. The van der Waals surface area contributed by atoms with E-state index in [4.69, 9.17) is 21.1 Å². The van der Waals surface area contributed by atoms with Gasteiger partial charge in [-0.1, -0.05) is 23.7 Å². The molecule has 0 bridgehead atoms. The fraction of sp³-hybridized carbons (Fsp3) is 0.182. The van der Waals surface area contributed by atoms with Crippen LogP contribution in [0.5, 0.6) is 0 Å². The highest BCUT2D eigenvalue weighted by molar-refractivity contribution is 6.60. The third-order valence-corrected chi connectivity index (χ3v) is 4.75. The third-order valence-electron chi connectivity index (χ3n) is 4.40. The second kappa shape index (κ2) is 9.55. The topological polar surface area (TPSA) is 102 Å². The van der Waals surface area contributed by atoms with Crippen molar-refractivity contribution >= 4 is 52.2 Å². The van der Waals surface area contributed by atoms with Gasteiger partial charge in [-0.15, -0.1) is 0 Å². The Bertz CT molecular complexity index is 1060. The largest absolute Gasteiger partial charge is 0.460 e. The molecule has 1 aliphatic rings. The van der Waals surface area contributed by atoms with Crippen molar-refractivity contribution in [2.45, 2.75) is 6.92 Å². The van der Waals surface area contributed by atoms with Gasteiger partial charge in [0.2, 0.25) is 5.91 Å². The Morgan fingerprint density at radius 3 is 2.19 bits per heavy atom. The van der Waals surface area contributed by atoms with Crippen molar-refractivity contribution in [1.29, 1.82) is 0 Å². The van der Waals surface area contributed by atoms with Crippen LogP contribution >= 0.6 is 11.6 Å². The SMILES string of the molecule is COCCOC(=O)c1ccc(N2C(=O)C(Cl)=C(c3ccc(NC(C)=O)cc3)C2=O)cc1. The summed E-state index contributed by atoms with van der Waals surface area (Å²) in [7, 11) is 1.50. The van der Waals surface area contributed by atoms with E-state index in [0.717, 1.165) is 4.90 Å². The second-order valence-electron chi connectivity index (χ2n) is 6.57. The molecule has 9 heteroatoms. The summed E-state index contributed by atoms with van der Waals surface area (Å²) in [6.45, 7) is 1.78. The molecule has 1 N–H and O–H groups in total. The average Bonchev–Trinajstić information content (AvgIpc) is 2.97. The molecule has 0 fully saturated rings. The van der Waals surface area contributed by atoms with Crippen LogP contribution in [0.4, 0.5) is 11.4 Å². The number of hydrogen-bond acceptors (Lipinski definition) is 6. The molecule has 0 spiro atoms. The van der Waals surface area contributed by atoms with Gasteiger partial charge in [0.05, 0.1) is 23.4 Å². The normalized spacial score (nSPS) is 13.6. The first-order chi connectivity index (χ1) is 14.8. The number of methoxy groups -OCH3 is 1. The number of ether oxygens (including phenoxy) is 2. The van der Waals surface area contributed by atoms with E-state index in [1.807, 2.05) is 0 Å². The van der Waals surface area contributed by atoms with Crippen LogP contribution in [0.1, 0.15) is 22.8 Å². The van der Waals surface area contributed by atoms with E-state index in [1.54, 1.807) is 24.3 Å². The van der Waals surface area contributed by atoms with Gasteiger partial charge in [-0.05, 0) is 42.0 Å². The number of hydrogen-bond donors (Lipinski definition) is 1. The Kier molecular flexibility index (Phi) is 6.84. The summed E-state index contributed by atoms with van der Waals surface area (Å²) in [6, 6.07) is 12.3. The van der Waals surface area contributed by atoms with Crippen LogP contribution in [0, 0.1) is 0 Å². The fourth-order valence-corrected chi connectivity index (χ4v) is 3.23. The zero-order valence-electron chi connectivity index (χ0n) is 16.8. The van der Waals surface area contributed by atoms with E-state index < -0.39 is 17.8 Å². The standard InChI is InChI=1S/C22H19ClN2O6/c1-13(26)24-16-7-3-14(4-8-16)18-19(23)21(28)25(20(18)27)17-9-5-15(6-10-17)22(29)31-12-11-30-2/h3-10H,11-12H2,1-2H3,(H,24,26). The molecule has 160 valence electrons. The van der Waals surface area contributed by atoms with Gasteiger partial charge in [0, 0.05) is 19.7 Å². The van der Waals surface area contributed by atoms with E-state index >= 15 is 0 Å². The van der Waals surface area contributed by atoms with Crippen LogP contribution in [0.25, 0.3) is 5.57 Å². The van der Waals surface area contributed by atoms with Gasteiger partial charge in [0.15, 0.2) is 0 Å². The Morgan fingerprint density at radius 2 is 1.61 bits per heavy atom. The number of carbonyl (C=O) groups is 4. The molecular weight excluding hydrogens is 424 g/mol. The van der Waals surface area contributed by atoms with Crippen LogP contribution < -0.4 is 10.2 Å². The molecule has 1 heterocycles. The van der Waals surface area contributed by atoms with E-state index in [1.165, 1.54) is 38.3 Å². The Balaban J connectivity index is 1.79. The van der Waals surface area contributed by atoms with Crippen LogP contribution in [0.3, 0.4) is 0 Å². The van der Waals surface area contributed by atoms with Gasteiger partial charge in [0.1, 0.15) is 11.6 Å². The number of amides is 3. The van der Waals surface area contributed by atoms with E-state index in [0.29, 0.717) is 11.3 Å². The molecule has 8 nitrogen and oxygen atoms in total. The third kappa shape index (κ3) is 4.82. The number of halogens is 1. The van der Waals surface area contributed by atoms with Crippen LogP contribution in [0.2, 0.25) is 0 Å². The highest BCUT2D eigenvalue weighted by Gasteiger charge is 2.39. The molecule has 2 aromatic carbocycles. The van der Waals surface area contributed by atoms with Crippen molar-refractivity contribution in [3.8, 4) is 0 Å². The second-order valence-corrected chi connectivity index (χ2v) is 6.95. The number of anilines is 2. The lowest BCUT2D eigenvalue weighted by Crippen LogP contribution is -2.31. The zero-order valence-corrected chi connectivity index (χ0v) is 17.6. The van der Waals surface area contributed by atoms with Crippen molar-refractivity contribution in [3.05, 3.63) is 64.7 Å². The van der Waals surface area contributed by atoms with Crippen molar-refractivity contribution in [2.24, 2.45) is 0 Å². The molecule has 0 atom stereocenters. The summed E-state index contributed by atoms with van der Waals surface area (Å²) in [5, 5.41) is 2.42. The number of esters is 1. The minimum Gasteiger partial charge on any atom is -0.460 e. The Hall–Kier alpha value is -3.49. The van der Waals surface area contributed by atoms with E-state index in [9.17, 15) is 19.2 Å². The molecule has 0 aromatic heterocycles. The first kappa shape index (κ1) is 22.2. The number of rotatable bonds is 7. The number of imide groups is 1. The fourth-order valence-electron chi connectivity index (χ4n) is 2.96. The lowest BCUT2D eigenvalue weighted by molar-refractivity contribution is -0.120. The summed E-state index contributed by atoms with van der Waals surface area (Å²) < 4.78 is 9.86. The van der Waals surface area contributed by atoms with Gasteiger partial charge in [-0.2, -0.15) is 0 Å². The monoisotopic (exact) mass is 442 g/mol. The van der Waals surface area contributed by atoms with Crippen LogP contribution in [0.15, 0.2) is 53.6 Å². The zero-order chi connectivity index (χ0) is 22.5. The molecule has 3 amide bonds. The average molecular weight is 443 g/mol. The molecule has 0 unspecified atom stereocenters. The van der Waals surface area contributed by atoms with Gasteiger partial charge in [-0.3, -0.25) is 14.4 Å². The summed E-state index contributed by atoms with van der Waals surface area (Å²) >= 11 is 6.19. The molecule has 0 saturated carbocycles. The van der Waals surface area contributed by atoms with Crippen molar-refractivity contribution in [2.75, 3.05) is 30.5 Å². The maximum atomic E-state index is 13.0. The van der Waals surface area contributed by atoms with E-state index in [2.05, 4.69) is 5.32 Å². The van der Waals surface area contributed by atoms with E-state index in [-0.39, 0.29) is 41.0 Å². The first-order valence-corrected chi connectivity index (χ1v) is 9.64. The lowest BCUT2D eigenvalue weighted by Gasteiger charge is -2.15. The van der Waals surface area contributed by atoms with Crippen LogP contribution in [-0.2, 0) is 23.9 Å². The summed E-state index contributed by atoms with van der Waals surface area (Å²) in [4.78, 5) is 49.7. The van der Waals surface area contributed by atoms with Crippen LogP contribution in [-0.4, -0.2) is 44.0 Å². The molecular formula is C22H19ClN2O6. The quantitative estimate of drug-likeness (QED) is 0.402. The van der Waals surface area contributed by atoms with Crippen molar-refractivity contribution < 1.29 is 28.7 Å². The van der Waals surface area contributed by atoms with Gasteiger partial charge in [0.25, 0.3) is 11.8 Å². The highest BCUT2D eigenvalue weighted by atomic mass is 35.5. The molecule has 0 aliphatic carbocycles. The first-order valence-electron chi connectivity index (χ1n) is 9.26. The maximum Gasteiger partial charge on any atom is 0.338 e. The highest BCUT2D eigenvalue weighted by Crippen LogP contribution is 2.35. The summed E-state index contributed by atoms with van der Waals surface area (Å²) in [5.41, 5.74) is 1.59. The number of nitrogens with one attached hydrogen (secondary N) is 1. The van der Waals surface area contributed by atoms with Gasteiger partial charge in [-0.25, -0.2) is 9.69 Å². The minimum absolute atomic E-state index is 0.0593. The van der Waals surface area contributed by atoms with Crippen molar-refractivity contribution in [3.63, 3.8) is 0 Å². The van der Waals surface area contributed by atoms with Gasteiger partial charge < -0.3 is 14.8 Å². The predicted octanol–water partition coefficient (Wildman–Crippen LogP) is 2.97. The Labute approximate surface area is 183 Å². The smallest absolute Gasteiger partial charge is 0.338 e. The predicted molar refractivity (Wildman–Crippen MR) is 115 cm³/mol. The summed E-state index contributed by atoms with van der Waals surface area (Å²) in [6.07, 6.45) is 0. The molecule has 2 aromatic rings. The molecule has 3 rings (SSSR count).